The second-order valence-corrected chi connectivity index (χ2v) is 9.86. The molecule has 1 amide bonds. The standard InChI is InChI=1S/C26H29ClN4O2/c27-18-14-17-15-24(26(32)31-12-10-30(11-13-31)19-4-7-28-8-5-19)33-25(17)22(16-18)20-6-9-29-23-3-1-2-21(20)23/h1-2,6,9,14,16,19,24,28H,3-5,7-8,10-13,15H2. The Morgan fingerprint density at radius 1 is 1.12 bits per heavy atom. The van der Waals surface area contributed by atoms with Crippen LogP contribution in [0.2, 0.25) is 5.02 Å². The van der Waals surface area contributed by atoms with Crippen molar-refractivity contribution in [3.8, 4) is 16.9 Å². The van der Waals surface area contributed by atoms with Gasteiger partial charge >= 0.3 is 0 Å². The van der Waals surface area contributed by atoms with Gasteiger partial charge < -0.3 is 15.0 Å². The summed E-state index contributed by atoms with van der Waals surface area (Å²) in [5, 5.41) is 4.11. The summed E-state index contributed by atoms with van der Waals surface area (Å²) in [6.45, 7) is 5.63. The molecule has 0 bridgehead atoms. The average Bonchev–Trinajstić information content (AvgIpc) is 3.51. The highest BCUT2D eigenvalue weighted by Crippen LogP contribution is 2.43. The second-order valence-electron chi connectivity index (χ2n) is 9.42. The first kappa shape index (κ1) is 21.1. The predicted octanol–water partition coefficient (Wildman–Crippen LogP) is 3.17. The molecule has 1 aromatic carbocycles. The summed E-state index contributed by atoms with van der Waals surface area (Å²) in [7, 11) is 0. The third kappa shape index (κ3) is 3.94. The minimum atomic E-state index is -0.479. The lowest BCUT2D eigenvalue weighted by atomic mass is 9.97. The number of rotatable bonds is 3. The van der Waals surface area contributed by atoms with Gasteiger partial charge in [0.2, 0.25) is 0 Å². The second kappa shape index (κ2) is 8.75. The van der Waals surface area contributed by atoms with Crippen molar-refractivity contribution in [2.24, 2.45) is 0 Å². The van der Waals surface area contributed by atoms with Crippen LogP contribution in [0.5, 0.6) is 5.75 Å². The molecule has 0 radical (unpaired) electrons. The molecule has 4 heterocycles. The monoisotopic (exact) mass is 464 g/mol. The van der Waals surface area contributed by atoms with Crippen LogP contribution in [-0.2, 0) is 17.6 Å². The highest BCUT2D eigenvalue weighted by molar-refractivity contribution is 6.31. The Bertz CT molecular complexity index is 1100. The van der Waals surface area contributed by atoms with E-state index in [9.17, 15) is 4.79 Å². The number of carbonyl (C=O) groups excluding carboxylic acids is 1. The fraction of sp³-hybridized carbons (Fsp3) is 0.462. The first-order chi connectivity index (χ1) is 16.2. The lowest BCUT2D eigenvalue weighted by Crippen LogP contribution is -2.55. The van der Waals surface area contributed by atoms with Gasteiger partial charge in [0, 0.05) is 73.0 Å². The molecular formula is C26H29ClN4O2. The van der Waals surface area contributed by atoms with Crippen LogP contribution in [-0.4, -0.2) is 72.1 Å². The van der Waals surface area contributed by atoms with Crippen molar-refractivity contribution in [2.45, 2.75) is 37.8 Å². The van der Waals surface area contributed by atoms with Gasteiger partial charge in [-0.05, 0) is 49.7 Å². The van der Waals surface area contributed by atoms with E-state index in [1.54, 1.807) is 0 Å². The van der Waals surface area contributed by atoms with Crippen LogP contribution in [0.4, 0.5) is 0 Å². The number of allylic oxidation sites excluding steroid dienone is 1. The molecule has 3 aliphatic heterocycles. The summed E-state index contributed by atoms with van der Waals surface area (Å²) in [6, 6.07) is 6.56. The molecule has 33 heavy (non-hydrogen) atoms. The zero-order chi connectivity index (χ0) is 22.4. The maximum atomic E-state index is 13.4. The van der Waals surface area contributed by atoms with E-state index in [-0.39, 0.29) is 5.91 Å². The van der Waals surface area contributed by atoms with Gasteiger partial charge in [0.25, 0.3) is 5.91 Å². The summed E-state index contributed by atoms with van der Waals surface area (Å²) in [4.78, 5) is 22.4. The van der Waals surface area contributed by atoms with Gasteiger partial charge in [0.1, 0.15) is 5.75 Å². The largest absolute Gasteiger partial charge is 0.479 e. The van der Waals surface area contributed by atoms with E-state index in [2.05, 4.69) is 27.4 Å². The van der Waals surface area contributed by atoms with E-state index >= 15 is 0 Å². The van der Waals surface area contributed by atoms with E-state index in [4.69, 9.17) is 16.3 Å². The van der Waals surface area contributed by atoms with Crippen molar-refractivity contribution < 1.29 is 9.53 Å². The maximum Gasteiger partial charge on any atom is 0.264 e. The molecule has 1 unspecified atom stereocenters. The Labute approximate surface area is 199 Å². The molecule has 172 valence electrons. The number of pyridine rings is 1. The minimum absolute atomic E-state index is 0.0955. The SMILES string of the molecule is O=C(C1Cc2cc(Cl)cc(-c3ccnc4c3C=CC4)c2O1)N1CCN(C2CCNCC2)CC1. The smallest absolute Gasteiger partial charge is 0.264 e. The molecule has 1 N–H and O–H groups in total. The molecule has 1 atom stereocenters. The highest BCUT2D eigenvalue weighted by Gasteiger charge is 2.36. The first-order valence-electron chi connectivity index (χ1n) is 12.0. The van der Waals surface area contributed by atoms with E-state index < -0.39 is 6.10 Å². The van der Waals surface area contributed by atoms with Gasteiger partial charge in [-0.3, -0.25) is 14.7 Å². The fourth-order valence-corrected chi connectivity index (χ4v) is 5.97. The van der Waals surface area contributed by atoms with Crippen LogP contribution in [0.15, 0.2) is 30.5 Å². The van der Waals surface area contributed by atoms with Gasteiger partial charge in [-0.2, -0.15) is 0 Å². The maximum absolute atomic E-state index is 13.4. The number of piperazine rings is 1. The summed E-state index contributed by atoms with van der Waals surface area (Å²) in [6.07, 6.45) is 9.42. The van der Waals surface area contributed by atoms with Crippen LogP contribution in [0.3, 0.4) is 0 Å². The molecule has 6 nitrogen and oxygen atoms in total. The minimum Gasteiger partial charge on any atom is -0.479 e. The number of aromatic nitrogens is 1. The van der Waals surface area contributed by atoms with Crippen molar-refractivity contribution in [1.82, 2.24) is 20.1 Å². The van der Waals surface area contributed by atoms with Gasteiger partial charge in [0.15, 0.2) is 6.10 Å². The molecule has 1 aromatic heterocycles. The number of amides is 1. The predicted molar refractivity (Wildman–Crippen MR) is 130 cm³/mol. The molecule has 1 aliphatic carbocycles. The normalized spacial score (nSPS) is 22.8. The highest BCUT2D eigenvalue weighted by atomic mass is 35.5. The van der Waals surface area contributed by atoms with Crippen LogP contribution < -0.4 is 10.1 Å². The van der Waals surface area contributed by atoms with Crippen LogP contribution >= 0.6 is 11.6 Å². The Morgan fingerprint density at radius 2 is 1.94 bits per heavy atom. The third-order valence-corrected chi connectivity index (χ3v) is 7.70. The molecule has 7 heteroatoms. The van der Waals surface area contributed by atoms with E-state index in [0.29, 0.717) is 17.5 Å². The van der Waals surface area contributed by atoms with Gasteiger partial charge in [0.05, 0.1) is 5.69 Å². The van der Waals surface area contributed by atoms with Crippen LogP contribution in [0.1, 0.15) is 29.7 Å². The van der Waals surface area contributed by atoms with Crippen molar-refractivity contribution in [1.29, 1.82) is 0 Å². The number of halogens is 1. The molecule has 2 fully saturated rings. The number of carbonyl (C=O) groups is 1. The third-order valence-electron chi connectivity index (χ3n) is 7.48. The molecule has 4 aliphatic rings. The summed E-state index contributed by atoms with van der Waals surface area (Å²) in [5.74, 6) is 0.887. The number of ether oxygens (including phenoxy) is 1. The number of hydrogen-bond acceptors (Lipinski definition) is 5. The zero-order valence-electron chi connectivity index (χ0n) is 18.7. The molecule has 6 rings (SSSR count). The zero-order valence-corrected chi connectivity index (χ0v) is 19.5. The number of hydrogen-bond donors (Lipinski definition) is 1. The van der Waals surface area contributed by atoms with E-state index in [1.165, 1.54) is 12.8 Å². The quantitative estimate of drug-likeness (QED) is 0.756. The van der Waals surface area contributed by atoms with Crippen molar-refractivity contribution >= 4 is 23.6 Å². The van der Waals surface area contributed by atoms with Gasteiger partial charge in [-0.25, -0.2) is 0 Å². The summed E-state index contributed by atoms with van der Waals surface area (Å²) >= 11 is 6.50. The Morgan fingerprint density at radius 3 is 2.76 bits per heavy atom. The molecule has 0 spiro atoms. The molecular weight excluding hydrogens is 436 g/mol. The summed E-state index contributed by atoms with van der Waals surface area (Å²) in [5.41, 5.74) is 5.22. The van der Waals surface area contributed by atoms with Crippen LogP contribution in [0, 0.1) is 0 Å². The Balaban J connectivity index is 1.19. The Kier molecular flexibility index (Phi) is 5.60. The number of nitrogens with one attached hydrogen (secondary N) is 1. The van der Waals surface area contributed by atoms with E-state index in [1.807, 2.05) is 29.3 Å². The molecule has 2 aromatic rings. The molecule has 2 saturated heterocycles. The van der Waals surface area contributed by atoms with Crippen molar-refractivity contribution in [3.63, 3.8) is 0 Å². The molecule has 0 saturated carbocycles. The lowest BCUT2D eigenvalue weighted by molar-refractivity contribution is -0.140. The van der Waals surface area contributed by atoms with Crippen molar-refractivity contribution in [3.05, 3.63) is 52.3 Å². The number of benzene rings is 1. The van der Waals surface area contributed by atoms with Crippen LogP contribution in [0.25, 0.3) is 17.2 Å². The fourth-order valence-electron chi connectivity index (χ4n) is 5.73. The number of fused-ring (bicyclic) bond motifs is 2. The topological polar surface area (TPSA) is 57.7 Å². The number of nitrogens with zero attached hydrogens (tertiary/aromatic N) is 3. The first-order valence-corrected chi connectivity index (χ1v) is 12.4. The number of piperidine rings is 1. The van der Waals surface area contributed by atoms with Gasteiger partial charge in [-0.1, -0.05) is 23.8 Å². The Hall–Kier alpha value is -2.41. The lowest BCUT2D eigenvalue weighted by Gasteiger charge is -2.41. The van der Waals surface area contributed by atoms with E-state index in [0.717, 1.165) is 79.4 Å². The summed E-state index contributed by atoms with van der Waals surface area (Å²) < 4.78 is 6.35. The average molecular weight is 465 g/mol. The van der Waals surface area contributed by atoms with Gasteiger partial charge in [-0.15, -0.1) is 0 Å². The van der Waals surface area contributed by atoms with Crippen molar-refractivity contribution in [2.75, 3.05) is 39.3 Å².